The van der Waals surface area contributed by atoms with Crippen LogP contribution in [0.1, 0.15) is 41.1 Å². The molecule has 1 spiro atoms. The van der Waals surface area contributed by atoms with Gasteiger partial charge in [-0.25, -0.2) is 0 Å². The zero-order valence-corrected chi connectivity index (χ0v) is 14.0. The maximum atomic E-state index is 12.8. The molecular formula is C19H23N3O2. The van der Waals surface area contributed by atoms with E-state index in [-0.39, 0.29) is 11.5 Å². The second-order valence-corrected chi connectivity index (χ2v) is 7.04. The molecule has 0 bridgehead atoms. The third-order valence-corrected chi connectivity index (χ3v) is 5.25. The molecule has 2 aliphatic rings. The minimum atomic E-state index is -0.191. The third kappa shape index (κ3) is 2.84. The van der Waals surface area contributed by atoms with E-state index in [9.17, 15) is 4.79 Å². The number of hydrogen-bond donors (Lipinski definition) is 0. The first-order valence-corrected chi connectivity index (χ1v) is 8.62. The van der Waals surface area contributed by atoms with Crippen molar-refractivity contribution >= 4 is 5.91 Å². The summed E-state index contributed by atoms with van der Waals surface area (Å²) in [6.07, 6.45) is 7.00. The first-order valence-electron chi connectivity index (χ1n) is 8.62. The highest BCUT2D eigenvalue weighted by Gasteiger charge is 2.45. The standard InChI is InChI=1S/C19H23N3O2/c1-21-12-17(11-20-21)16-10-19(24-13-16)8-5-9-22(14-19)18(23)15-6-3-2-4-7-15/h2-4,6-7,11-12,16H,5,8-10,13-14H2,1H3. The highest BCUT2D eigenvalue weighted by atomic mass is 16.5. The molecule has 0 N–H and O–H groups in total. The number of amides is 1. The van der Waals surface area contributed by atoms with Crippen molar-refractivity contribution in [1.82, 2.24) is 14.7 Å². The largest absolute Gasteiger partial charge is 0.372 e. The number of aromatic nitrogens is 2. The summed E-state index contributed by atoms with van der Waals surface area (Å²) < 4.78 is 8.08. The Morgan fingerprint density at radius 2 is 2.17 bits per heavy atom. The van der Waals surface area contributed by atoms with Gasteiger partial charge in [-0.05, 0) is 37.0 Å². The average molecular weight is 325 g/mol. The SMILES string of the molecule is Cn1cc(C2COC3(CCCN(C(=O)c4ccccc4)C3)C2)cn1. The zero-order chi connectivity index (χ0) is 16.6. The van der Waals surface area contributed by atoms with Crippen LogP contribution in [-0.4, -0.2) is 45.9 Å². The summed E-state index contributed by atoms with van der Waals surface area (Å²) in [7, 11) is 1.94. The summed E-state index contributed by atoms with van der Waals surface area (Å²) in [4.78, 5) is 14.7. The molecule has 2 unspecified atom stereocenters. The van der Waals surface area contributed by atoms with Crippen LogP contribution in [0.4, 0.5) is 0 Å². The van der Waals surface area contributed by atoms with E-state index in [1.807, 2.05) is 53.2 Å². The van der Waals surface area contributed by atoms with Crippen LogP contribution in [0.2, 0.25) is 0 Å². The van der Waals surface area contributed by atoms with E-state index in [0.29, 0.717) is 12.5 Å². The van der Waals surface area contributed by atoms with E-state index in [4.69, 9.17) is 4.74 Å². The van der Waals surface area contributed by atoms with Crippen LogP contribution in [0.15, 0.2) is 42.7 Å². The molecule has 0 aliphatic carbocycles. The summed E-state index contributed by atoms with van der Waals surface area (Å²) in [6.45, 7) is 2.23. The molecule has 2 aliphatic heterocycles. The fraction of sp³-hybridized carbons (Fsp3) is 0.474. The van der Waals surface area contributed by atoms with Gasteiger partial charge in [0.25, 0.3) is 5.91 Å². The summed E-state index contributed by atoms with van der Waals surface area (Å²) in [5, 5.41) is 4.27. The topological polar surface area (TPSA) is 47.4 Å². The first kappa shape index (κ1) is 15.4. The maximum Gasteiger partial charge on any atom is 0.253 e. The third-order valence-electron chi connectivity index (χ3n) is 5.25. The van der Waals surface area contributed by atoms with Gasteiger partial charge in [0.15, 0.2) is 0 Å². The molecule has 1 aromatic carbocycles. The number of nitrogens with zero attached hydrogens (tertiary/aromatic N) is 3. The predicted molar refractivity (Wildman–Crippen MR) is 90.8 cm³/mol. The Bertz CT molecular complexity index is 727. The van der Waals surface area contributed by atoms with Gasteiger partial charge in [-0.15, -0.1) is 0 Å². The molecule has 5 nitrogen and oxygen atoms in total. The Morgan fingerprint density at radius 3 is 2.92 bits per heavy atom. The van der Waals surface area contributed by atoms with E-state index < -0.39 is 0 Å². The number of rotatable bonds is 2. The predicted octanol–water partition coefficient (Wildman–Crippen LogP) is 2.60. The Morgan fingerprint density at radius 1 is 1.33 bits per heavy atom. The zero-order valence-electron chi connectivity index (χ0n) is 14.0. The quantitative estimate of drug-likeness (QED) is 0.853. The molecule has 2 aromatic rings. The summed E-state index contributed by atoms with van der Waals surface area (Å²) in [5.74, 6) is 0.494. The molecule has 24 heavy (non-hydrogen) atoms. The number of piperidine rings is 1. The van der Waals surface area contributed by atoms with Gasteiger partial charge >= 0.3 is 0 Å². The lowest BCUT2D eigenvalue weighted by molar-refractivity contribution is -0.0447. The molecule has 3 heterocycles. The summed E-state index contributed by atoms with van der Waals surface area (Å²) in [6, 6.07) is 9.54. The molecule has 5 heteroatoms. The van der Waals surface area contributed by atoms with Crippen molar-refractivity contribution in [2.24, 2.45) is 7.05 Å². The Balaban J connectivity index is 1.48. The summed E-state index contributed by atoms with van der Waals surface area (Å²) in [5.41, 5.74) is 1.81. The van der Waals surface area contributed by atoms with Gasteiger partial charge in [0.1, 0.15) is 0 Å². The molecule has 2 saturated heterocycles. The van der Waals surface area contributed by atoms with Gasteiger partial charge in [-0.1, -0.05) is 18.2 Å². The number of hydrogen-bond acceptors (Lipinski definition) is 3. The smallest absolute Gasteiger partial charge is 0.253 e. The molecule has 0 saturated carbocycles. The molecule has 2 fully saturated rings. The van der Waals surface area contributed by atoms with Gasteiger partial charge in [0, 0.05) is 37.8 Å². The molecule has 4 rings (SSSR count). The minimum absolute atomic E-state index is 0.114. The van der Waals surface area contributed by atoms with Crippen molar-refractivity contribution in [2.45, 2.75) is 30.8 Å². The van der Waals surface area contributed by atoms with Crippen LogP contribution in [0.25, 0.3) is 0 Å². The van der Waals surface area contributed by atoms with Crippen molar-refractivity contribution in [2.75, 3.05) is 19.7 Å². The van der Waals surface area contributed by atoms with E-state index in [1.165, 1.54) is 5.56 Å². The number of carbonyl (C=O) groups is 1. The lowest BCUT2D eigenvalue weighted by atomic mass is 9.84. The second-order valence-electron chi connectivity index (χ2n) is 7.04. The van der Waals surface area contributed by atoms with Crippen LogP contribution < -0.4 is 0 Å². The number of aryl methyl sites for hydroxylation is 1. The highest BCUT2D eigenvalue weighted by Crippen LogP contribution is 2.41. The van der Waals surface area contributed by atoms with E-state index in [2.05, 4.69) is 11.3 Å². The molecule has 0 radical (unpaired) electrons. The van der Waals surface area contributed by atoms with Gasteiger partial charge in [-0.2, -0.15) is 5.10 Å². The molecule has 1 amide bonds. The van der Waals surface area contributed by atoms with Gasteiger partial charge in [0.2, 0.25) is 0 Å². The van der Waals surface area contributed by atoms with Crippen LogP contribution in [-0.2, 0) is 11.8 Å². The van der Waals surface area contributed by atoms with Crippen LogP contribution in [0.5, 0.6) is 0 Å². The van der Waals surface area contributed by atoms with Crippen LogP contribution >= 0.6 is 0 Å². The van der Waals surface area contributed by atoms with Crippen molar-refractivity contribution in [3.05, 3.63) is 53.9 Å². The average Bonchev–Trinajstić information content (AvgIpc) is 3.22. The first-order chi connectivity index (χ1) is 11.7. The van der Waals surface area contributed by atoms with Crippen LogP contribution in [0, 0.1) is 0 Å². The van der Waals surface area contributed by atoms with Gasteiger partial charge in [-0.3, -0.25) is 9.48 Å². The summed E-state index contributed by atoms with van der Waals surface area (Å²) >= 11 is 0. The normalized spacial score (nSPS) is 26.9. The van der Waals surface area contributed by atoms with Crippen molar-refractivity contribution < 1.29 is 9.53 Å². The molecule has 1 aromatic heterocycles. The fourth-order valence-corrected chi connectivity index (χ4v) is 4.03. The number of carbonyl (C=O) groups excluding carboxylic acids is 1. The van der Waals surface area contributed by atoms with Crippen molar-refractivity contribution in [3.63, 3.8) is 0 Å². The minimum Gasteiger partial charge on any atom is -0.372 e. The Hall–Kier alpha value is -2.14. The second kappa shape index (κ2) is 6.06. The van der Waals surface area contributed by atoms with Crippen molar-refractivity contribution in [1.29, 1.82) is 0 Å². The highest BCUT2D eigenvalue weighted by molar-refractivity contribution is 5.94. The van der Waals surface area contributed by atoms with Crippen LogP contribution in [0.3, 0.4) is 0 Å². The molecule has 126 valence electrons. The Kier molecular flexibility index (Phi) is 3.88. The number of ether oxygens (including phenoxy) is 1. The number of likely N-dealkylation sites (tertiary alicyclic amines) is 1. The monoisotopic (exact) mass is 325 g/mol. The van der Waals surface area contributed by atoms with Gasteiger partial charge < -0.3 is 9.64 Å². The molecular weight excluding hydrogens is 302 g/mol. The lowest BCUT2D eigenvalue weighted by Gasteiger charge is -2.39. The Labute approximate surface area is 142 Å². The van der Waals surface area contributed by atoms with E-state index in [0.717, 1.165) is 38.0 Å². The molecule has 2 atom stereocenters. The van der Waals surface area contributed by atoms with E-state index >= 15 is 0 Å². The lowest BCUT2D eigenvalue weighted by Crippen LogP contribution is -2.50. The van der Waals surface area contributed by atoms with Crippen molar-refractivity contribution in [3.8, 4) is 0 Å². The fourth-order valence-electron chi connectivity index (χ4n) is 4.03. The van der Waals surface area contributed by atoms with Gasteiger partial charge in [0.05, 0.1) is 18.4 Å². The van der Waals surface area contributed by atoms with E-state index in [1.54, 1.807) is 0 Å². The number of benzene rings is 1. The maximum absolute atomic E-state index is 12.8.